The molecule has 0 atom stereocenters. The van der Waals surface area contributed by atoms with Gasteiger partial charge in [-0.2, -0.15) is 19.6 Å². The largest absolute Gasteiger partial charge is 0.465 e. The molecule has 2 aliphatic heterocycles. The van der Waals surface area contributed by atoms with Gasteiger partial charge in [-0.25, -0.2) is 4.79 Å². The van der Waals surface area contributed by atoms with Gasteiger partial charge in [0.2, 0.25) is 5.95 Å². The number of amides is 1. The molecule has 2 N–H and O–H groups in total. The van der Waals surface area contributed by atoms with Gasteiger partial charge in [0.05, 0.1) is 6.20 Å². The zero-order valence-corrected chi connectivity index (χ0v) is 21.8. The Hall–Kier alpha value is -3.60. The van der Waals surface area contributed by atoms with Crippen molar-refractivity contribution in [2.24, 2.45) is 0 Å². The molecule has 0 aliphatic carbocycles. The van der Waals surface area contributed by atoms with E-state index >= 15 is 0 Å². The maximum Gasteiger partial charge on any atom is 0.407 e. The van der Waals surface area contributed by atoms with Gasteiger partial charge >= 0.3 is 12.1 Å². The highest BCUT2D eigenvalue weighted by Crippen LogP contribution is 2.26. The summed E-state index contributed by atoms with van der Waals surface area (Å²) in [5.41, 5.74) is 4.01. The topological polar surface area (TPSA) is 111 Å². The number of para-hydroxylation sites is 1. The van der Waals surface area contributed by atoms with Gasteiger partial charge in [0.25, 0.3) is 0 Å². The molecule has 2 fully saturated rings. The van der Waals surface area contributed by atoms with E-state index < -0.39 is 6.09 Å². The van der Waals surface area contributed by atoms with E-state index in [1.807, 2.05) is 18.3 Å². The van der Waals surface area contributed by atoms with Gasteiger partial charge in [0.15, 0.2) is 5.65 Å². The van der Waals surface area contributed by atoms with E-state index in [2.05, 4.69) is 53.2 Å². The third kappa shape index (κ3) is 5.56. The molecule has 37 heavy (non-hydrogen) atoms. The van der Waals surface area contributed by atoms with Crippen molar-refractivity contribution in [3.05, 3.63) is 41.6 Å². The fourth-order valence-corrected chi connectivity index (χ4v) is 4.98. The third-order valence-electron chi connectivity index (χ3n) is 7.25. The third-order valence-corrected chi connectivity index (χ3v) is 7.25. The molecule has 198 valence electrons. The van der Waals surface area contributed by atoms with Crippen LogP contribution < -0.4 is 15.0 Å². The van der Waals surface area contributed by atoms with Gasteiger partial charge in [0.1, 0.15) is 6.10 Å². The number of aromatic nitrogens is 4. The van der Waals surface area contributed by atoms with Gasteiger partial charge < -0.3 is 29.9 Å². The molecule has 0 saturated carbocycles. The fourth-order valence-electron chi connectivity index (χ4n) is 4.98. The Bertz CT molecular complexity index is 1230. The number of benzene rings is 1. The van der Waals surface area contributed by atoms with E-state index in [0.717, 1.165) is 48.4 Å². The van der Waals surface area contributed by atoms with E-state index in [1.54, 1.807) is 4.52 Å². The van der Waals surface area contributed by atoms with Crippen LogP contribution in [0.3, 0.4) is 0 Å². The number of rotatable bonds is 7. The minimum Gasteiger partial charge on any atom is -0.465 e. The molecule has 0 unspecified atom stereocenters. The Kier molecular flexibility index (Phi) is 7.31. The first-order valence-electron chi connectivity index (χ1n) is 13.0. The summed E-state index contributed by atoms with van der Waals surface area (Å²) >= 11 is 0. The zero-order valence-electron chi connectivity index (χ0n) is 21.8. The minimum absolute atomic E-state index is 0.0992. The maximum atomic E-state index is 11.3. The van der Waals surface area contributed by atoms with E-state index in [9.17, 15) is 9.90 Å². The first kappa shape index (κ1) is 25.1. The van der Waals surface area contributed by atoms with Gasteiger partial charge in [-0.15, -0.1) is 0 Å². The molecule has 11 heteroatoms. The minimum atomic E-state index is -0.861. The van der Waals surface area contributed by atoms with E-state index in [1.165, 1.54) is 4.90 Å². The summed E-state index contributed by atoms with van der Waals surface area (Å²) in [6, 6.07) is 8.58. The highest BCUT2D eigenvalue weighted by atomic mass is 16.5. The number of nitrogens with zero attached hydrogens (tertiary/aromatic N) is 7. The maximum absolute atomic E-state index is 11.3. The second kappa shape index (κ2) is 10.8. The van der Waals surface area contributed by atoms with Crippen molar-refractivity contribution in [3.8, 4) is 6.01 Å². The summed E-state index contributed by atoms with van der Waals surface area (Å²) in [7, 11) is 2.13. The molecule has 11 nitrogen and oxygen atoms in total. The average Bonchev–Trinajstić information content (AvgIpc) is 3.33. The molecule has 5 rings (SSSR count). The summed E-state index contributed by atoms with van der Waals surface area (Å²) < 4.78 is 8.02. The number of hydrogen-bond acceptors (Lipinski definition) is 8. The molecule has 2 aromatic heterocycles. The van der Waals surface area contributed by atoms with Gasteiger partial charge in [-0.3, -0.25) is 0 Å². The van der Waals surface area contributed by atoms with Gasteiger partial charge in [-0.05, 0) is 37.4 Å². The Balaban J connectivity index is 1.37. The summed E-state index contributed by atoms with van der Waals surface area (Å²) in [5, 5.41) is 17.3. The first-order chi connectivity index (χ1) is 17.9. The summed E-state index contributed by atoms with van der Waals surface area (Å²) in [5.74, 6) is 0.854. The standard InChI is InChI=1S/C26H36N8O3/c1-18(2)21-17-28-34-23(21)29-25(37-20-8-10-31(3)11-9-20)30-24(34)27-16-19-6-4-5-7-22(19)32-12-14-33(15-13-32)26(35)36/h4-7,17-18,20H,8-16H2,1-3H3,(H,35,36)(H,27,29,30). The molecule has 3 aromatic rings. The van der Waals surface area contributed by atoms with Crippen molar-refractivity contribution < 1.29 is 14.6 Å². The summed E-state index contributed by atoms with van der Waals surface area (Å²) in [6.45, 7) is 9.09. The number of anilines is 2. The normalized spacial score (nSPS) is 17.5. The molecule has 2 saturated heterocycles. The Morgan fingerprint density at radius 3 is 2.54 bits per heavy atom. The van der Waals surface area contributed by atoms with Crippen LogP contribution >= 0.6 is 0 Å². The lowest BCUT2D eigenvalue weighted by Crippen LogP contribution is -2.48. The van der Waals surface area contributed by atoms with Crippen LogP contribution in [0, 0.1) is 0 Å². The Morgan fingerprint density at radius 2 is 1.84 bits per heavy atom. The molecule has 0 spiro atoms. The lowest BCUT2D eigenvalue weighted by Gasteiger charge is -2.35. The second-order valence-electron chi connectivity index (χ2n) is 10.2. The van der Waals surface area contributed by atoms with E-state index in [4.69, 9.17) is 14.7 Å². The highest BCUT2D eigenvalue weighted by Gasteiger charge is 2.24. The van der Waals surface area contributed by atoms with Crippen molar-refractivity contribution in [1.82, 2.24) is 29.4 Å². The monoisotopic (exact) mass is 508 g/mol. The molecular formula is C26H36N8O3. The van der Waals surface area contributed by atoms with Crippen LogP contribution in [0.15, 0.2) is 30.5 Å². The number of piperidine rings is 1. The van der Waals surface area contributed by atoms with Crippen molar-refractivity contribution in [3.63, 3.8) is 0 Å². The number of piperazine rings is 1. The Labute approximate surface area is 217 Å². The molecule has 0 bridgehead atoms. The number of likely N-dealkylation sites (tertiary alicyclic amines) is 1. The number of hydrogen-bond donors (Lipinski definition) is 2. The summed E-state index contributed by atoms with van der Waals surface area (Å²) in [6.07, 6.45) is 3.00. The number of ether oxygens (including phenoxy) is 1. The quantitative estimate of drug-likeness (QED) is 0.497. The lowest BCUT2D eigenvalue weighted by molar-refractivity contribution is 0.105. The van der Waals surface area contributed by atoms with Crippen LogP contribution in [0.5, 0.6) is 6.01 Å². The number of carbonyl (C=O) groups is 1. The molecular weight excluding hydrogens is 472 g/mol. The number of fused-ring (bicyclic) bond motifs is 1. The van der Waals surface area contributed by atoms with Crippen LogP contribution in [0.25, 0.3) is 5.65 Å². The van der Waals surface area contributed by atoms with Crippen LogP contribution in [-0.4, -0.2) is 93.0 Å². The van der Waals surface area contributed by atoms with Crippen molar-refractivity contribution in [1.29, 1.82) is 0 Å². The summed E-state index contributed by atoms with van der Waals surface area (Å²) in [4.78, 5) is 26.8. The van der Waals surface area contributed by atoms with Crippen LogP contribution in [0.4, 0.5) is 16.4 Å². The highest BCUT2D eigenvalue weighted by molar-refractivity contribution is 5.66. The molecule has 4 heterocycles. The Morgan fingerprint density at radius 1 is 1.11 bits per heavy atom. The van der Waals surface area contributed by atoms with Gasteiger partial charge in [0, 0.05) is 57.1 Å². The predicted octanol–water partition coefficient (Wildman–Crippen LogP) is 3.13. The van der Waals surface area contributed by atoms with E-state index in [-0.39, 0.29) is 12.0 Å². The average molecular weight is 509 g/mol. The van der Waals surface area contributed by atoms with E-state index in [0.29, 0.717) is 44.7 Å². The number of nitrogens with one attached hydrogen (secondary N) is 1. The van der Waals surface area contributed by atoms with Crippen molar-refractivity contribution in [2.75, 3.05) is 56.5 Å². The molecule has 2 aliphatic rings. The molecule has 1 aromatic carbocycles. The van der Waals surface area contributed by atoms with Crippen molar-refractivity contribution >= 4 is 23.4 Å². The molecule has 1 amide bonds. The van der Waals surface area contributed by atoms with Crippen molar-refractivity contribution in [2.45, 2.75) is 45.3 Å². The van der Waals surface area contributed by atoms with Crippen LogP contribution in [0.1, 0.15) is 43.7 Å². The first-order valence-corrected chi connectivity index (χ1v) is 13.0. The fraction of sp³-hybridized carbons (Fsp3) is 0.538. The lowest BCUT2D eigenvalue weighted by atomic mass is 10.1. The zero-order chi connectivity index (χ0) is 25.9. The van der Waals surface area contributed by atoms with Crippen LogP contribution in [-0.2, 0) is 6.54 Å². The van der Waals surface area contributed by atoms with Crippen LogP contribution in [0.2, 0.25) is 0 Å². The smallest absolute Gasteiger partial charge is 0.407 e. The number of carboxylic acid groups (broad SMARTS) is 1. The van der Waals surface area contributed by atoms with Gasteiger partial charge in [-0.1, -0.05) is 32.0 Å². The predicted molar refractivity (Wildman–Crippen MR) is 142 cm³/mol. The second-order valence-corrected chi connectivity index (χ2v) is 10.2. The SMILES string of the molecule is CC(C)c1cnn2c(NCc3ccccc3N3CCN(C(=O)O)CC3)nc(OC3CCN(C)CC3)nc12. The molecule has 0 radical (unpaired) electrons.